The predicted octanol–water partition coefficient (Wildman–Crippen LogP) is 3.09. The summed E-state index contributed by atoms with van der Waals surface area (Å²) in [6.07, 6.45) is 6.24. The smallest absolute Gasteiger partial charge is 0.255 e. The van der Waals surface area contributed by atoms with E-state index in [0.717, 1.165) is 25.9 Å². The molecule has 1 aromatic heterocycles. The zero-order chi connectivity index (χ0) is 14.8. The summed E-state index contributed by atoms with van der Waals surface area (Å²) in [6.45, 7) is 4.05. The molecular weight excluding hydrogens is 309 g/mol. The molecule has 2 fully saturated rings. The molecular formula is C15H19Cl2N3O. The average Bonchev–Trinajstić information content (AvgIpc) is 3.04. The van der Waals surface area contributed by atoms with Crippen LogP contribution in [0.1, 0.15) is 36.0 Å². The van der Waals surface area contributed by atoms with E-state index in [-0.39, 0.29) is 11.1 Å². The van der Waals surface area contributed by atoms with Gasteiger partial charge in [0.05, 0.1) is 10.6 Å². The summed E-state index contributed by atoms with van der Waals surface area (Å²) in [4.78, 5) is 20.9. The molecule has 21 heavy (non-hydrogen) atoms. The molecule has 0 atom stereocenters. The highest BCUT2D eigenvalue weighted by Crippen LogP contribution is 2.24. The Hall–Kier alpha value is -0.840. The number of rotatable bonds is 2. The molecule has 2 aliphatic heterocycles. The summed E-state index contributed by atoms with van der Waals surface area (Å²) >= 11 is 11.7. The first-order valence-electron chi connectivity index (χ1n) is 7.49. The van der Waals surface area contributed by atoms with Crippen molar-refractivity contribution in [1.29, 1.82) is 0 Å². The molecule has 2 saturated heterocycles. The molecule has 1 amide bonds. The highest BCUT2D eigenvalue weighted by atomic mass is 35.5. The van der Waals surface area contributed by atoms with Crippen LogP contribution < -0.4 is 0 Å². The fourth-order valence-electron chi connectivity index (χ4n) is 3.26. The molecule has 0 aliphatic carbocycles. The lowest BCUT2D eigenvalue weighted by molar-refractivity contribution is 0.0644. The third-order valence-electron chi connectivity index (χ3n) is 4.45. The van der Waals surface area contributed by atoms with Crippen molar-refractivity contribution in [2.75, 3.05) is 26.2 Å². The Balaban J connectivity index is 1.60. The van der Waals surface area contributed by atoms with E-state index in [9.17, 15) is 4.79 Å². The number of carbonyl (C=O) groups excluding carboxylic acids is 1. The van der Waals surface area contributed by atoms with E-state index < -0.39 is 0 Å². The largest absolute Gasteiger partial charge is 0.338 e. The second-order valence-electron chi connectivity index (χ2n) is 5.76. The molecule has 4 nitrogen and oxygen atoms in total. The van der Waals surface area contributed by atoms with Crippen molar-refractivity contribution in [3.8, 4) is 0 Å². The molecule has 0 bridgehead atoms. The van der Waals surface area contributed by atoms with Crippen LogP contribution >= 0.6 is 23.2 Å². The number of hydrogen-bond acceptors (Lipinski definition) is 3. The number of pyridine rings is 1. The van der Waals surface area contributed by atoms with Crippen LogP contribution in [0, 0.1) is 0 Å². The van der Waals surface area contributed by atoms with Crippen LogP contribution in [0.2, 0.25) is 10.2 Å². The van der Waals surface area contributed by atoms with E-state index in [1.54, 1.807) is 6.07 Å². The van der Waals surface area contributed by atoms with Gasteiger partial charge < -0.3 is 9.80 Å². The maximum Gasteiger partial charge on any atom is 0.255 e. The molecule has 0 aromatic carbocycles. The number of amides is 1. The van der Waals surface area contributed by atoms with E-state index in [1.165, 1.54) is 32.1 Å². The van der Waals surface area contributed by atoms with Gasteiger partial charge in [-0.25, -0.2) is 4.98 Å². The third kappa shape index (κ3) is 3.33. The zero-order valence-corrected chi connectivity index (χ0v) is 13.4. The van der Waals surface area contributed by atoms with Crippen molar-refractivity contribution in [3.63, 3.8) is 0 Å². The van der Waals surface area contributed by atoms with Gasteiger partial charge in [-0.15, -0.1) is 0 Å². The minimum atomic E-state index is 0.000869. The Labute approximate surface area is 135 Å². The first-order valence-corrected chi connectivity index (χ1v) is 8.25. The van der Waals surface area contributed by atoms with Crippen LogP contribution in [0.15, 0.2) is 12.3 Å². The molecule has 6 heteroatoms. The first-order chi connectivity index (χ1) is 10.1. The fraction of sp³-hybridized carbons (Fsp3) is 0.600. The predicted molar refractivity (Wildman–Crippen MR) is 84.0 cm³/mol. The Kier molecular flexibility index (Phi) is 4.67. The van der Waals surface area contributed by atoms with E-state index in [2.05, 4.69) is 9.88 Å². The number of nitrogens with zero attached hydrogens (tertiary/aromatic N) is 3. The van der Waals surface area contributed by atoms with Gasteiger partial charge in [-0.05, 0) is 44.8 Å². The molecule has 0 radical (unpaired) electrons. The standard InChI is InChI=1S/C15H19Cl2N3O/c16-13-9-11(10-18-14(13)17)15(21)20-7-3-12(4-8-20)19-5-1-2-6-19/h9-10,12H,1-8H2. The van der Waals surface area contributed by atoms with Gasteiger partial charge in [0.2, 0.25) is 0 Å². The molecule has 0 saturated carbocycles. The van der Waals surface area contributed by atoms with Crippen molar-refractivity contribution in [1.82, 2.24) is 14.8 Å². The van der Waals surface area contributed by atoms with Crippen LogP contribution in [0.4, 0.5) is 0 Å². The SMILES string of the molecule is O=C(c1cnc(Cl)c(Cl)c1)N1CCC(N2CCCC2)CC1. The molecule has 3 rings (SSSR count). The Bertz CT molecular complexity index is 524. The Morgan fingerprint density at radius 3 is 2.43 bits per heavy atom. The normalized spacial score (nSPS) is 21.0. The van der Waals surface area contributed by atoms with Gasteiger partial charge in [0.15, 0.2) is 0 Å². The number of carbonyl (C=O) groups is 1. The lowest BCUT2D eigenvalue weighted by atomic mass is 10.0. The van der Waals surface area contributed by atoms with Crippen molar-refractivity contribution < 1.29 is 4.79 Å². The van der Waals surface area contributed by atoms with Gasteiger partial charge in [-0.1, -0.05) is 23.2 Å². The van der Waals surface area contributed by atoms with Crippen LogP contribution in [0.5, 0.6) is 0 Å². The van der Waals surface area contributed by atoms with Gasteiger partial charge in [0.25, 0.3) is 5.91 Å². The minimum absolute atomic E-state index is 0.000869. The summed E-state index contributed by atoms with van der Waals surface area (Å²) < 4.78 is 0. The van der Waals surface area contributed by atoms with Crippen LogP contribution in [0.25, 0.3) is 0 Å². The van der Waals surface area contributed by atoms with E-state index in [1.807, 2.05) is 4.90 Å². The lowest BCUT2D eigenvalue weighted by Gasteiger charge is -2.36. The fourth-order valence-corrected chi connectivity index (χ4v) is 3.53. The summed E-state index contributed by atoms with van der Waals surface area (Å²) in [5.74, 6) is 0.000869. The van der Waals surface area contributed by atoms with Gasteiger partial charge in [-0.2, -0.15) is 0 Å². The number of aromatic nitrogens is 1. The molecule has 3 heterocycles. The van der Waals surface area contributed by atoms with Gasteiger partial charge in [0, 0.05) is 25.3 Å². The number of piperidine rings is 1. The van der Waals surface area contributed by atoms with Crippen LogP contribution in [-0.2, 0) is 0 Å². The quantitative estimate of drug-likeness (QED) is 0.783. The van der Waals surface area contributed by atoms with E-state index in [0.29, 0.717) is 16.6 Å². The van der Waals surface area contributed by atoms with Gasteiger partial charge >= 0.3 is 0 Å². The van der Waals surface area contributed by atoms with Gasteiger partial charge in [0.1, 0.15) is 5.15 Å². The third-order valence-corrected chi connectivity index (χ3v) is 5.14. The molecule has 0 N–H and O–H groups in total. The summed E-state index contributed by atoms with van der Waals surface area (Å²) in [5.41, 5.74) is 0.518. The zero-order valence-electron chi connectivity index (χ0n) is 11.9. The van der Waals surface area contributed by atoms with E-state index in [4.69, 9.17) is 23.2 Å². The number of halogens is 2. The molecule has 0 unspecified atom stereocenters. The maximum atomic E-state index is 12.5. The molecule has 1 aromatic rings. The number of likely N-dealkylation sites (tertiary alicyclic amines) is 2. The molecule has 114 valence electrons. The first kappa shape index (κ1) is 15.1. The highest BCUT2D eigenvalue weighted by molar-refractivity contribution is 6.41. The van der Waals surface area contributed by atoms with Gasteiger partial charge in [-0.3, -0.25) is 4.79 Å². The maximum absolute atomic E-state index is 12.5. The summed E-state index contributed by atoms with van der Waals surface area (Å²) in [7, 11) is 0. The second-order valence-corrected chi connectivity index (χ2v) is 6.53. The Morgan fingerprint density at radius 2 is 1.81 bits per heavy atom. The lowest BCUT2D eigenvalue weighted by Crippen LogP contribution is -2.45. The van der Waals surface area contributed by atoms with Crippen molar-refractivity contribution in [2.24, 2.45) is 0 Å². The van der Waals surface area contributed by atoms with Crippen LogP contribution in [-0.4, -0.2) is 52.9 Å². The van der Waals surface area contributed by atoms with E-state index >= 15 is 0 Å². The summed E-state index contributed by atoms with van der Waals surface area (Å²) in [5, 5.41) is 0.565. The number of hydrogen-bond donors (Lipinski definition) is 0. The monoisotopic (exact) mass is 327 g/mol. The minimum Gasteiger partial charge on any atom is -0.338 e. The second kappa shape index (κ2) is 6.51. The van der Waals surface area contributed by atoms with Crippen LogP contribution in [0.3, 0.4) is 0 Å². The van der Waals surface area contributed by atoms with Crippen molar-refractivity contribution >= 4 is 29.1 Å². The Morgan fingerprint density at radius 1 is 1.14 bits per heavy atom. The highest BCUT2D eigenvalue weighted by Gasteiger charge is 2.28. The summed E-state index contributed by atoms with van der Waals surface area (Å²) in [6, 6.07) is 2.25. The average molecular weight is 328 g/mol. The van der Waals surface area contributed by atoms with Crippen molar-refractivity contribution in [3.05, 3.63) is 28.0 Å². The topological polar surface area (TPSA) is 36.4 Å². The molecule has 0 spiro atoms. The molecule has 2 aliphatic rings. The van der Waals surface area contributed by atoms with Crippen molar-refractivity contribution in [2.45, 2.75) is 31.7 Å².